The smallest absolute Gasteiger partial charge is 0.0686 e. The van der Waals surface area contributed by atoms with Crippen molar-refractivity contribution in [3.05, 3.63) is 56.0 Å². The van der Waals surface area contributed by atoms with Gasteiger partial charge in [-0.05, 0) is 23.8 Å². The molecule has 2 aromatic carbocycles. The van der Waals surface area contributed by atoms with Gasteiger partial charge in [-0.25, -0.2) is 0 Å². The summed E-state index contributed by atoms with van der Waals surface area (Å²) in [7, 11) is 0. The summed E-state index contributed by atoms with van der Waals surface area (Å²) in [5.74, 6) is 0. The number of hydrogen-bond donors (Lipinski definition) is 1. The summed E-state index contributed by atoms with van der Waals surface area (Å²) >= 11 is 24.7. The second kappa shape index (κ2) is 5.68. The normalized spacial score (nSPS) is 10.7. The summed E-state index contributed by atoms with van der Waals surface area (Å²) in [5, 5.41) is 1.85. The van der Waals surface area contributed by atoms with Crippen LogP contribution < -0.4 is 5.73 Å². The summed E-state index contributed by atoms with van der Waals surface area (Å²) in [4.78, 5) is 0. The minimum atomic E-state index is 0.342. The minimum Gasteiger partial charge on any atom is -0.326 e. The second-order valence-electron chi connectivity index (χ2n) is 3.70. The molecule has 2 N–H and O–H groups in total. The van der Waals surface area contributed by atoms with E-state index < -0.39 is 0 Å². The maximum Gasteiger partial charge on any atom is 0.0686 e. The summed E-state index contributed by atoms with van der Waals surface area (Å²) in [6, 6.07) is 8.82. The lowest BCUT2D eigenvalue weighted by Gasteiger charge is -2.14. The fourth-order valence-corrected chi connectivity index (χ4v) is 2.78. The summed E-state index contributed by atoms with van der Waals surface area (Å²) in [6.07, 6.45) is 0. The van der Waals surface area contributed by atoms with Gasteiger partial charge in [0.2, 0.25) is 0 Å². The summed E-state index contributed by atoms with van der Waals surface area (Å²) < 4.78 is 0. The molecule has 0 spiro atoms. The Morgan fingerprint density at radius 2 is 1.39 bits per heavy atom. The molecule has 0 amide bonds. The molecule has 0 aliphatic rings. The minimum absolute atomic E-state index is 0.342. The molecule has 0 atom stereocenters. The number of hydrogen-bond acceptors (Lipinski definition) is 1. The molecule has 0 unspecified atom stereocenters. The van der Waals surface area contributed by atoms with Crippen molar-refractivity contribution < 1.29 is 0 Å². The Morgan fingerprint density at radius 1 is 0.778 bits per heavy atom. The highest BCUT2D eigenvalue weighted by molar-refractivity contribution is 6.47. The fourth-order valence-electron chi connectivity index (χ4n) is 1.78. The molecule has 0 fully saturated rings. The number of benzene rings is 2. The Kier molecular flexibility index (Phi) is 4.41. The van der Waals surface area contributed by atoms with Crippen LogP contribution in [0.25, 0.3) is 11.1 Å². The van der Waals surface area contributed by atoms with Crippen LogP contribution in [0.5, 0.6) is 0 Å². The first kappa shape index (κ1) is 14.0. The van der Waals surface area contributed by atoms with E-state index >= 15 is 0 Å². The van der Waals surface area contributed by atoms with Gasteiger partial charge in [-0.1, -0.05) is 58.5 Å². The van der Waals surface area contributed by atoms with Crippen molar-refractivity contribution >= 4 is 46.4 Å². The van der Waals surface area contributed by atoms with E-state index in [2.05, 4.69) is 0 Å². The number of rotatable bonds is 2. The molecule has 2 aromatic rings. The zero-order valence-electron chi connectivity index (χ0n) is 9.18. The highest BCUT2D eigenvalue weighted by Crippen LogP contribution is 2.43. The van der Waals surface area contributed by atoms with Crippen LogP contribution in [-0.2, 0) is 6.54 Å². The van der Waals surface area contributed by atoms with E-state index in [0.717, 1.165) is 11.1 Å². The topological polar surface area (TPSA) is 26.0 Å². The quantitative estimate of drug-likeness (QED) is 0.734. The zero-order chi connectivity index (χ0) is 13.3. The Labute approximate surface area is 125 Å². The molecule has 5 heteroatoms. The van der Waals surface area contributed by atoms with E-state index in [1.807, 2.05) is 12.1 Å². The van der Waals surface area contributed by atoms with Crippen LogP contribution in [0, 0.1) is 0 Å². The maximum absolute atomic E-state index is 6.22. The zero-order valence-corrected chi connectivity index (χ0v) is 12.2. The third-order valence-electron chi connectivity index (χ3n) is 2.61. The van der Waals surface area contributed by atoms with Crippen LogP contribution in [0.4, 0.5) is 0 Å². The van der Waals surface area contributed by atoms with Crippen LogP contribution >= 0.6 is 46.4 Å². The van der Waals surface area contributed by atoms with Gasteiger partial charge >= 0.3 is 0 Å². The van der Waals surface area contributed by atoms with E-state index in [-0.39, 0.29) is 0 Å². The van der Waals surface area contributed by atoms with Gasteiger partial charge in [-0.2, -0.15) is 0 Å². The van der Waals surface area contributed by atoms with Gasteiger partial charge in [0.1, 0.15) is 0 Å². The van der Waals surface area contributed by atoms with Crippen LogP contribution in [-0.4, -0.2) is 0 Å². The third-order valence-corrected chi connectivity index (χ3v) is 4.05. The molecule has 0 aliphatic heterocycles. The second-order valence-corrected chi connectivity index (χ2v) is 5.30. The first-order chi connectivity index (χ1) is 8.56. The molecular weight excluding hydrogens is 312 g/mol. The third kappa shape index (κ3) is 2.47. The predicted octanol–water partition coefficient (Wildman–Crippen LogP) is 5.43. The Balaban J connectivity index is 2.81. The average Bonchev–Trinajstić information content (AvgIpc) is 2.36. The van der Waals surface area contributed by atoms with E-state index in [0.29, 0.717) is 32.2 Å². The molecular formula is C13H9Cl4N. The Hall–Kier alpha value is -0.440. The van der Waals surface area contributed by atoms with Gasteiger partial charge < -0.3 is 5.73 Å². The van der Waals surface area contributed by atoms with Crippen molar-refractivity contribution in [3.63, 3.8) is 0 Å². The van der Waals surface area contributed by atoms with Gasteiger partial charge in [-0.15, -0.1) is 0 Å². The Bertz CT molecular complexity index is 596. The molecule has 0 saturated heterocycles. The van der Waals surface area contributed by atoms with E-state index in [9.17, 15) is 0 Å². The first-order valence-electron chi connectivity index (χ1n) is 5.17. The van der Waals surface area contributed by atoms with Crippen LogP contribution in [0.2, 0.25) is 20.1 Å². The molecule has 1 nitrogen and oxygen atoms in total. The van der Waals surface area contributed by atoms with Gasteiger partial charge in [0.05, 0.1) is 15.1 Å². The van der Waals surface area contributed by atoms with Crippen molar-refractivity contribution in [2.24, 2.45) is 5.73 Å². The lowest BCUT2D eigenvalue weighted by atomic mass is 9.99. The standard InChI is InChI=1S/C13H9Cl4N/c14-8-3-1-2-7(6-18)11(8)12-9(15)4-5-10(16)13(12)17/h1-5H,6,18H2. The lowest BCUT2D eigenvalue weighted by Crippen LogP contribution is -2.00. The molecule has 0 aromatic heterocycles. The molecule has 0 radical (unpaired) electrons. The van der Waals surface area contributed by atoms with Gasteiger partial charge in [0, 0.05) is 22.7 Å². The van der Waals surface area contributed by atoms with E-state index in [1.165, 1.54) is 0 Å². The maximum atomic E-state index is 6.22. The predicted molar refractivity (Wildman–Crippen MR) is 79.8 cm³/mol. The molecule has 0 heterocycles. The van der Waals surface area contributed by atoms with Crippen molar-refractivity contribution in [1.29, 1.82) is 0 Å². The van der Waals surface area contributed by atoms with Gasteiger partial charge in [0.15, 0.2) is 0 Å². The Morgan fingerprint density at radius 3 is 2.06 bits per heavy atom. The molecule has 0 saturated carbocycles. The highest BCUT2D eigenvalue weighted by Gasteiger charge is 2.17. The van der Waals surface area contributed by atoms with Crippen molar-refractivity contribution in [2.45, 2.75) is 6.54 Å². The lowest BCUT2D eigenvalue weighted by molar-refractivity contribution is 1.07. The molecule has 94 valence electrons. The van der Waals surface area contributed by atoms with Crippen LogP contribution in [0.15, 0.2) is 30.3 Å². The summed E-state index contributed by atoms with van der Waals surface area (Å²) in [6.45, 7) is 0.342. The number of halogens is 4. The molecule has 18 heavy (non-hydrogen) atoms. The molecule has 0 aliphatic carbocycles. The highest BCUT2D eigenvalue weighted by atomic mass is 35.5. The van der Waals surface area contributed by atoms with Crippen LogP contribution in [0.3, 0.4) is 0 Å². The first-order valence-corrected chi connectivity index (χ1v) is 6.68. The SMILES string of the molecule is NCc1cccc(Cl)c1-c1c(Cl)ccc(Cl)c1Cl. The van der Waals surface area contributed by atoms with Crippen molar-refractivity contribution in [3.8, 4) is 11.1 Å². The van der Waals surface area contributed by atoms with Crippen molar-refractivity contribution in [1.82, 2.24) is 0 Å². The molecule has 2 rings (SSSR count). The molecule has 0 bridgehead atoms. The van der Waals surface area contributed by atoms with Crippen LogP contribution in [0.1, 0.15) is 5.56 Å². The average molecular weight is 321 g/mol. The monoisotopic (exact) mass is 319 g/mol. The van der Waals surface area contributed by atoms with Gasteiger partial charge in [0.25, 0.3) is 0 Å². The fraction of sp³-hybridized carbons (Fsp3) is 0.0769. The van der Waals surface area contributed by atoms with Gasteiger partial charge in [-0.3, -0.25) is 0 Å². The number of nitrogens with two attached hydrogens (primary N) is 1. The largest absolute Gasteiger partial charge is 0.326 e. The van der Waals surface area contributed by atoms with Crippen molar-refractivity contribution in [2.75, 3.05) is 0 Å². The van der Waals surface area contributed by atoms with E-state index in [4.69, 9.17) is 52.1 Å². The summed E-state index contributed by atoms with van der Waals surface area (Å²) in [5.41, 5.74) is 7.94. The van der Waals surface area contributed by atoms with E-state index in [1.54, 1.807) is 18.2 Å².